The number of nitrogens with zero attached hydrogens (tertiary/aromatic N) is 2. The lowest BCUT2D eigenvalue weighted by Crippen LogP contribution is -2.90. The van der Waals surface area contributed by atoms with Crippen molar-refractivity contribution in [2.24, 2.45) is 0 Å². The average Bonchev–Trinajstić information content (AvgIpc) is 3.36. The summed E-state index contributed by atoms with van der Waals surface area (Å²) in [5.74, 6) is -2.31. The highest BCUT2D eigenvalue weighted by Crippen LogP contribution is 2.27. The number of halogens is 2. The molecule has 194 valence electrons. The number of benzene rings is 3. The molecular formula is C28H26F2N4O4+2. The summed E-state index contributed by atoms with van der Waals surface area (Å²) < 4.78 is 27.8. The van der Waals surface area contributed by atoms with Gasteiger partial charge in [-0.2, -0.15) is 0 Å². The molecule has 0 aliphatic carbocycles. The van der Waals surface area contributed by atoms with E-state index in [0.29, 0.717) is 22.5 Å². The number of hydrogen-bond acceptors (Lipinski definition) is 4. The van der Waals surface area contributed by atoms with Crippen LogP contribution < -0.4 is 20.4 Å². The first-order chi connectivity index (χ1) is 18.3. The maximum absolute atomic E-state index is 13.9. The van der Waals surface area contributed by atoms with Gasteiger partial charge in [0.25, 0.3) is 11.8 Å². The van der Waals surface area contributed by atoms with Crippen LogP contribution in [-0.4, -0.2) is 35.7 Å². The molecule has 2 saturated heterocycles. The van der Waals surface area contributed by atoms with Crippen LogP contribution in [0.1, 0.15) is 24.0 Å². The normalized spacial score (nSPS) is 19.6. The lowest BCUT2D eigenvalue weighted by molar-refractivity contribution is -0.690. The molecule has 2 aliphatic rings. The van der Waals surface area contributed by atoms with Crippen molar-refractivity contribution in [1.29, 1.82) is 0 Å². The zero-order chi connectivity index (χ0) is 26.8. The highest BCUT2D eigenvalue weighted by atomic mass is 19.1. The molecular weight excluding hydrogens is 494 g/mol. The second kappa shape index (κ2) is 10.6. The molecule has 4 amide bonds. The fourth-order valence-corrected chi connectivity index (χ4v) is 4.84. The molecule has 4 N–H and O–H groups in total. The van der Waals surface area contributed by atoms with Crippen LogP contribution in [0.2, 0.25) is 0 Å². The maximum Gasteiger partial charge on any atom is 0.292 e. The van der Waals surface area contributed by atoms with Crippen molar-refractivity contribution in [3.8, 4) is 0 Å². The minimum atomic E-state index is -0.672. The Bertz CT molecular complexity index is 1310. The van der Waals surface area contributed by atoms with Gasteiger partial charge >= 0.3 is 0 Å². The average molecular weight is 521 g/mol. The van der Waals surface area contributed by atoms with Crippen molar-refractivity contribution < 1.29 is 38.6 Å². The summed E-state index contributed by atoms with van der Waals surface area (Å²) in [7, 11) is 0. The van der Waals surface area contributed by atoms with Crippen LogP contribution in [0.3, 0.4) is 0 Å². The van der Waals surface area contributed by atoms with Gasteiger partial charge in [-0.25, -0.2) is 18.6 Å². The smallest absolute Gasteiger partial charge is 0.292 e. The van der Waals surface area contributed by atoms with Crippen LogP contribution in [0.5, 0.6) is 0 Å². The molecule has 2 aliphatic heterocycles. The third kappa shape index (κ3) is 4.96. The second-order valence-corrected chi connectivity index (χ2v) is 9.33. The first kappa shape index (κ1) is 25.4. The van der Waals surface area contributed by atoms with E-state index in [1.165, 1.54) is 36.4 Å². The van der Waals surface area contributed by atoms with E-state index in [9.17, 15) is 28.0 Å². The SMILES string of the molecule is O=C1C[C@H]([NH2+]Cc2ccccc2F)C(=O)N1c1ccc(N2C(=O)C[C@H]([NH2+]Cc3ccccc3F)C2=O)cc1. The van der Waals surface area contributed by atoms with Gasteiger partial charge in [0.2, 0.25) is 11.8 Å². The van der Waals surface area contributed by atoms with Crippen molar-refractivity contribution in [2.45, 2.75) is 38.0 Å². The lowest BCUT2D eigenvalue weighted by Gasteiger charge is -2.18. The van der Waals surface area contributed by atoms with Gasteiger partial charge in [-0.3, -0.25) is 19.2 Å². The van der Waals surface area contributed by atoms with E-state index < -0.39 is 23.9 Å². The topological polar surface area (TPSA) is 108 Å². The van der Waals surface area contributed by atoms with Crippen LogP contribution in [0.4, 0.5) is 20.2 Å². The monoisotopic (exact) mass is 520 g/mol. The van der Waals surface area contributed by atoms with E-state index in [-0.39, 0.29) is 49.4 Å². The van der Waals surface area contributed by atoms with Gasteiger partial charge in [-0.05, 0) is 36.4 Å². The molecule has 2 atom stereocenters. The molecule has 0 radical (unpaired) electrons. The molecule has 5 rings (SSSR count). The number of quaternary nitrogens is 2. The van der Waals surface area contributed by atoms with Crippen molar-refractivity contribution in [1.82, 2.24) is 0 Å². The number of anilines is 2. The van der Waals surface area contributed by atoms with E-state index in [0.717, 1.165) is 9.80 Å². The van der Waals surface area contributed by atoms with Gasteiger partial charge in [0.05, 0.1) is 24.2 Å². The predicted molar refractivity (Wildman–Crippen MR) is 132 cm³/mol. The Hall–Kier alpha value is -4.28. The Morgan fingerprint density at radius 1 is 0.605 bits per heavy atom. The molecule has 0 saturated carbocycles. The third-order valence-electron chi connectivity index (χ3n) is 6.89. The van der Waals surface area contributed by atoms with Crippen LogP contribution in [0, 0.1) is 11.6 Å². The Balaban J connectivity index is 1.23. The number of amides is 4. The largest absolute Gasteiger partial charge is 0.332 e. The van der Waals surface area contributed by atoms with Gasteiger partial charge in [0, 0.05) is 11.1 Å². The van der Waals surface area contributed by atoms with Gasteiger partial charge in [0.1, 0.15) is 24.7 Å². The second-order valence-electron chi connectivity index (χ2n) is 9.33. The quantitative estimate of drug-likeness (QED) is 0.428. The Kier molecular flexibility index (Phi) is 7.08. The van der Waals surface area contributed by atoms with Crippen LogP contribution in [-0.2, 0) is 32.3 Å². The molecule has 38 heavy (non-hydrogen) atoms. The van der Waals surface area contributed by atoms with Crippen LogP contribution in [0.15, 0.2) is 72.8 Å². The summed E-state index contributed by atoms with van der Waals surface area (Å²) in [6.45, 7) is 0.439. The molecule has 3 aromatic rings. The zero-order valence-electron chi connectivity index (χ0n) is 20.3. The van der Waals surface area contributed by atoms with Crippen molar-refractivity contribution in [3.63, 3.8) is 0 Å². The van der Waals surface area contributed by atoms with Gasteiger partial charge in [-0.1, -0.05) is 36.4 Å². The number of rotatable bonds is 8. The minimum absolute atomic E-state index is 0.0162. The molecule has 2 heterocycles. The minimum Gasteiger partial charge on any atom is -0.332 e. The lowest BCUT2D eigenvalue weighted by atomic mass is 10.2. The summed E-state index contributed by atoms with van der Waals surface area (Å²) >= 11 is 0. The molecule has 0 aromatic heterocycles. The molecule has 0 spiro atoms. The van der Waals surface area contributed by atoms with Crippen LogP contribution in [0.25, 0.3) is 0 Å². The summed E-state index contributed by atoms with van der Waals surface area (Å²) in [5.41, 5.74) is 1.54. The fraction of sp³-hybridized carbons (Fsp3) is 0.214. The molecule has 8 nitrogen and oxygen atoms in total. The van der Waals surface area contributed by atoms with Gasteiger partial charge < -0.3 is 10.6 Å². The van der Waals surface area contributed by atoms with E-state index in [4.69, 9.17) is 0 Å². The number of imide groups is 2. The summed E-state index contributed by atoms with van der Waals surface area (Å²) in [6, 6.07) is 17.3. The highest BCUT2D eigenvalue weighted by molar-refractivity contribution is 6.23. The van der Waals surface area contributed by atoms with E-state index in [2.05, 4.69) is 0 Å². The number of nitrogens with two attached hydrogens (primary N) is 2. The first-order valence-corrected chi connectivity index (χ1v) is 12.3. The van der Waals surface area contributed by atoms with E-state index in [1.54, 1.807) is 47.0 Å². The number of carbonyl (C=O) groups excluding carboxylic acids is 4. The summed E-state index contributed by atoms with van der Waals surface area (Å²) in [4.78, 5) is 53.3. The van der Waals surface area contributed by atoms with Crippen molar-refractivity contribution in [2.75, 3.05) is 9.80 Å². The van der Waals surface area contributed by atoms with Gasteiger partial charge in [0.15, 0.2) is 12.1 Å². The molecule has 2 fully saturated rings. The first-order valence-electron chi connectivity index (χ1n) is 12.3. The zero-order valence-corrected chi connectivity index (χ0v) is 20.3. The number of carbonyl (C=O) groups is 4. The summed E-state index contributed by atoms with van der Waals surface area (Å²) in [6.07, 6.45) is -0.0324. The molecule has 0 unspecified atom stereocenters. The molecule has 10 heteroatoms. The predicted octanol–water partition coefficient (Wildman–Crippen LogP) is 0.756. The molecule has 3 aromatic carbocycles. The third-order valence-corrected chi connectivity index (χ3v) is 6.89. The maximum atomic E-state index is 13.9. The highest BCUT2D eigenvalue weighted by Gasteiger charge is 2.44. The number of hydrogen-bond donors (Lipinski definition) is 2. The Morgan fingerprint density at radius 2 is 0.974 bits per heavy atom. The standard InChI is InChI=1S/C28H24F2N4O4/c29-21-7-3-1-5-17(21)15-31-23-13-25(35)33(27(23)37)19-9-11-20(12-10-19)34-26(36)14-24(28(34)38)32-16-18-6-2-4-8-22(18)30/h1-12,23-24,31-32H,13-16H2/p+2/t23-,24-/m0/s1. The Morgan fingerprint density at radius 3 is 1.34 bits per heavy atom. The van der Waals surface area contributed by atoms with E-state index >= 15 is 0 Å². The van der Waals surface area contributed by atoms with Crippen molar-refractivity contribution >= 4 is 35.0 Å². The fourth-order valence-electron chi connectivity index (χ4n) is 4.84. The molecule has 0 bridgehead atoms. The van der Waals surface area contributed by atoms with Crippen LogP contribution >= 0.6 is 0 Å². The van der Waals surface area contributed by atoms with Gasteiger partial charge in [-0.15, -0.1) is 0 Å². The van der Waals surface area contributed by atoms with E-state index in [1.807, 2.05) is 0 Å². The summed E-state index contributed by atoms with van der Waals surface area (Å²) in [5, 5.41) is 3.29. The van der Waals surface area contributed by atoms with Crippen molar-refractivity contribution in [3.05, 3.63) is 95.6 Å². The Labute approximate surface area is 217 Å².